The Morgan fingerprint density at radius 3 is 2.60 bits per heavy atom. The average molecular weight is 271 g/mol. The molecule has 0 unspecified atom stereocenters. The first-order valence-electron chi connectivity index (χ1n) is 2.56. The fourth-order valence-corrected chi connectivity index (χ4v) is 1.54. The van der Waals surface area contributed by atoms with E-state index in [-0.39, 0.29) is 5.82 Å². The van der Waals surface area contributed by atoms with Crippen molar-refractivity contribution in [1.82, 2.24) is 0 Å². The van der Waals surface area contributed by atoms with Crippen LogP contribution in [-0.2, 0) is 0 Å². The Labute approximate surface area is 76.8 Å². The summed E-state index contributed by atoms with van der Waals surface area (Å²) in [5.74, 6) is -0.332. The van der Waals surface area contributed by atoms with Gasteiger partial charge in [0.2, 0.25) is 0 Å². The van der Waals surface area contributed by atoms with E-state index in [0.717, 1.165) is 3.57 Å². The maximum absolute atomic E-state index is 12.7. The van der Waals surface area contributed by atoms with Crippen LogP contribution in [0.15, 0.2) is 18.2 Å². The number of rotatable bonds is 1. The minimum Gasteiger partial charge on any atom is -0.295 e. The van der Waals surface area contributed by atoms with Crippen LogP contribution in [0.5, 0.6) is 0 Å². The molecule has 10 heavy (non-hydrogen) atoms. The second kappa shape index (κ2) is 3.39. The Kier molecular flexibility index (Phi) is 2.73. The summed E-state index contributed by atoms with van der Waals surface area (Å²) in [6.45, 7) is 0. The zero-order valence-corrected chi connectivity index (χ0v) is 7.78. The summed E-state index contributed by atoms with van der Waals surface area (Å²) in [7, 11) is 0. The second-order valence-electron chi connectivity index (χ2n) is 1.69. The van der Waals surface area contributed by atoms with Crippen LogP contribution in [0.3, 0.4) is 0 Å². The predicted octanol–water partition coefficient (Wildman–Crippen LogP) is 3.00. The third kappa shape index (κ3) is 1.52. The average Bonchev–Trinajstić information content (AvgIpc) is 1.88. The van der Waals surface area contributed by atoms with Crippen molar-refractivity contribution in [2.45, 2.75) is 0 Å². The fraction of sp³-hybridized carbons (Fsp3) is 0. The van der Waals surface area contributed by atoms with Gasteiger partial charge in [-0.2, -0.15) is 0 Å². The number of para-hydroxylation sites is 1. The van der Waals surface area contributed by atoms with E-state index in [9.17, 15) is 4.39 Å². The molecule has 1 aromatic carbocycles. The summed E-state index contributed by atoms with van der Waals surface area (Å²) >= 11 is 7.24. The summed E-state index contributed by atoms with van der Waals surface area (Å²) in [4.78, 5) is 2.25. The minimum atomic E-state index is -0.332. The molecule has 0 aliphatic rings. The third-order valence-corrected chi connectivity index (χ3v) is 2.15. The quantitative estimate of drug-likeness (QED) is 0.611. The number of hydrogen-bond acceptors (Lipinski definition) is 1. The number of anilines is 1. The predicted molar refractivity (Wildman–Crippen MR) is 48.6 cm³/mol. The van der Waals surface area contributed by atoms with Crippen molar-refractivity contribution >= 4 is 40.1 Å². The van der Waals surface area contributed by atoms with Crippen LogP contribution < -0.4 is 4.84 Å². The maximum atomic E-state index is 12.7. The van der Waals surface area contributed by atoms with E-state index >= 15 is 0 Å². The van der Waals surface area contributed by atoms with Crippen LogP contribution in [0, 0.1) is 9.39 Å². The molecule has 0 fully saturated rings. The van der Waals surface area contributed by atoms with E-state index in [1.807, 2.05) is 22.6 Å². The fourth-order valence-electron chi connectivity index (χ4n) is 0.588. The van der Waals surface area contributed by atoms with E-state index < -0.39 is 0 Å². The topological polar surface area (TPSA) is 12.0 Å². The van der Waals surface area contributed by atoms with Gasteiger partial charge < -0.3 is 0 Å². The van der Waals surface area contributed by atoms with Gasteiger partial charge in [0, 0.05) is 15.3 Å². The van der Waals surface area contributed by atoms with E-state index in [1.54, 1.807) is 12.1 Å². The van der Waals surface area contributed by atoms with Gasteiger partial charge in [-0.15, -0.1) is 0 Å². The highest BCUT2D eigenvalue weighted by Gasteiger charge is 2.02. The molecule has 0 saturated heterocycles. The second-order valence-corrected chi connectivity index (χ2v) is 3.04. The van der Waals surface area contributed by atoms with Gasteiger partial charge in [0.25, 0.3) is 0 Å². The summed E-state index contributed by atoms with van der Waals surface area (Å²) < 4.78 is 13.5. The normalized spacial score (nSPS) is 9.50. The number of halogens is 3. The molecule has 1 N–H and O–H groups in total. The highest BCUT2D eigenvalue weighted by Crippen LogP contribution is 2.21. The van der Waals surface area contributed by atoms with Crippen molar-refractivity contribution in [3.63, 3.8) is 0 Å². The maximum Gasteiger partial charge on any atom is 0.148 e. The zero-order valence-electron chi connectivity index (χ0n) is 4.87. The molecule has 0 aliphatic heterocycles. The van der Waals surface area contributed by atoms with Crippen LogP contribution in [0.25, 0.3) is 0 Å². The number of nitrogens with one attached hydrogen (secondary N) is 1. The SMILES string of the molecule is Fc1cccc(I)c1NCl. The third-order valence-electron chi connectivity index (χ3n) is 1.06. The van der Waals surface area contributed by atoms with E-state index in [2.05, 4.69) is 4.84 Å². The Bertz CT molecular complexity index is 221. The van der Waals surface area contributed by atoms with Gasteiger partial charge in [-0.05, 0) is 34.7 Å². The first-order valence-corrected chi connectivity index (χ1v) is 4.02. The molecule has 1 nitrogen and oxygen atoms in total. The molecule has 4 heteroatoms. The number of benzene rings is 1. The molecule has 0 aromatic heterocycles. The molecule has 0 bridgehead atoms. The number of hydrogen-bond donors (Lipinski definition) is 1. The largest absolute Gasteiger partial charge is 0.295 e. The van der Waals surface area contributed by atoms with Crippen molar-refractivity contribution in [3.8, 4) is 0 Å². The van der Waals surface area contributed by atoms with Gasteiger partial charge in [0.1, 0.15) is 5.82 Å². The van der Waals surface area contributed by atoms with E-state index in [1.165, 1.54) is 6.07 Å². The smallest absolute Gasteiger partial charge is 0.148 e. The molecular weight excluding hydrogens is 267 g/mol. The molecule has 0 amide bonds. The summed E-state index contributed by atoms with van der Waals surface area (Å²) in [5, 5.41) is 0. The molecule has 54 valence electrons. The van der Waals surface area contributed by atoms with Gasteiger partial charge in [-0.3, -0.25) is 4.84 Å². The minimum absolute atomic E-state index is 0.332. The van der Waals surface area contributed by atoms with Crippen LogP contribution in [0.1, 0.15) is 0 Å². The molecule has 1 aromatic rings. The summed E-state index contributed by atoms with van der Waals surface area (Å²) in [5.41, 5.74) is 0.338. The molecule has 0 atom stereocenters. The molecule has 0 saturated carbocycles. The van der Waals surface area contributed by atoms with Crippen LogP contribution >= 0.6 is 34.4 Å². The molecule has 0 heterocycles. The lowest BCUT2D eigenvalue weighted by Gasteiger charge is -2.00. The van der Waals surface area contributed by atoms with Crippen molar-refractivity contribution in [2.75, 3.05) is 4.84 Å². The Morgan fingerprint density at radius 2 is 2.20 bits per heavy atom. The van der Waals surface area contributed by atoms with Gasteiger partial charge in [-0.1, -0.05) is 6.07 Å². The summed E-state index contributed by atoms with van der Waals surface area (Å²) in [6.07, 6.45) is 0. The van der Waals surface area contributed by atoms with Crippen molar-refractivity contribution in [3.05, 3.63) is 27.6 Å². The van der Waals surface area contributed by atoms with Gasteiger partial charge in [0.15, 0.2) is 0 Å². The van der Waals surface area contributed by atoms with Crippen LogP contribution in [-0.4, -0.2) is 0 Å². The Morgan fingerprint density at radius 1 is 1.50 bits per heavy atom. The molecule has 0 aliphatic carbocycles. The van der Waals surface area contributed by atoms with Gasteiger partial charge >= 0.3 is 0 Å². The first kappa shape index (κ1) is 8.07. The van der Waals surface area contributed by atoms with Crippen LogP contribution in [0.4, 0.5) is 10.1 Å². The van der Waals surface area contributed by atoms with E-state index in [4.69, 9.17) is 11.8 Å². The van der Waals surface area contributed by atoms with Crippen molar-refractivity contribution in [2.24, 2.45) is 0 Å². The first-order chi connectivity index (χ1) is 4.75. The summed E-state index contributed by atoms with van der Waals surface area (Å²) in [6, 6.07) is 4.76. The standard InChI is InChI=1S/C6H4ClFIN/c7-10-6-4(8)2-1-3-5(6)9/h1-3,10H. The molecule has 1 rings (SSSR count). The van der Waals surface area contributed by atoms with E-state index in [0.29, 0.717) is 5.69 Å². The zero-order chi connectivity index (χ0) is 7.56. The Balaban J connectivity index is 3.17. The Hall–Kier alpha value is -0.0300. The van der Waals surface area contributed by atoms with Crippen molar-refractivity contribution < 1.29 is 4.39 Å². The highest BCUT2D eigenvalue weighted by molar-refractivity contribution is 14.1. The monoisotopic (exact) mass is 271 g/mol. The van der Waals surface area contributed by atoms with Crippen LogP contribution in [0.2, 0.25) is 0 Å². The lowest BCUT2D eigenvalue weighted by atomic mass is 10.3. The van der Waals surface area contributed by atoms with Gasteiger partial charge in [-0.25, -0.2) is 4.39 Å². The lowest BCUT2D eigenvalue weighted by molar-refractivity contribution is 0.631. The van der Waals surface area contributed by atoms with Crippen molar-refractivity contribution in [1.29, 1.82) is 0 Å². The highest BCUT2D eigenvalue weighted by atomic mass is 127. The molecule has 0 radical (unpaired) electrons. The lowest BCUT2D eigenvalue weighted by Crippen LogP contribution is -1.88. The molecule has 0 spiro atoms. The van der Waals surface area contributed by atoms with Gasteiger partial charge in [0.05, 0.1) is 5.69 Å². The molecular formula is C6H4ClFIN.